The minimum atomic E-state index is 1.18. The summed E-state index contributed by atoms with van der Waals surface area (Å²) < 4.78 is 4.84. The number of nitrogens with zero attached hydrogens (tertiary/aromatic N) is 2. The van der Waals surface area contributed by atoms with E-state index in [1.165, 1.54) is 98.4 Å². The first-order valence-electron chi connectivity index (χ1n) is 17.3. The lowest BCUT2D eigenvalue weighted by Gasteiger charge is -2.12. The Morgan fingerprint density at radius 2 is 0.840 bits per heavy atom. The molecule has 2 aromatic heterocycles. The Labute approximate surface area is 288 Å². The fourth-order valence-electron chi connectivity index (χ4n) is 8.46. The minimum absolute atomic E-state index is 1.18. The van der Waals surface area contributed by atoms with Crippen LogP contribution in [0.15, 0.2) is 182 Å². The Morgan fingerprint density at radius 1 is 0.280 bits per heavy atom. The van der Waals surface area contributed by atoms with Gasteiger partial charge in [-0.1, -0.05) is 127 Å². The lowest BCUT2D eigenvalue weighted by molar-refractivity contribution is 1.18. The third-order valence-electron chi connectivity index (χ3n) is 10.7. The molecule has 50 heavy (non-hydrogen) atoms. The Kier molecular flexibility index (Phi) is 5.70. The second-order valence-corrected chi connectivity index (χ2v) is 13.3. The van der Waals surface area contributed by atoms with Crippen LogP contribution in [0.1, 0.15) is 0 Å². The maximum absolute atomic E-state index is 2.45. The first-order chi connectivity index (χ1) is 24.8. The van der Waals surface area contributed by atoms with Crippen molar-refractivity contribution in [1.29, 1.82) is 0 Å². The molecule has 0 fully saturated rings. The van der Waals surface area contributed by atoms with Crippen LogP contribution < -0.4 is 0 Å². The van der Waals surface area contributed by atoms with Gasteiger partial charge < -0.3 is 9.13 Å². The number of rotatable bonds is 3. The molecule has 0 spiro atoms. The van der Waals surface area contributed by atoms with Gasteiger partial charge in [0, 0.05) is 32.6 Å². The van der Waals surface area contributed by atoms with E-state index in [0.29, 0.717) is 0 Å². The van der Waals surface area contributed by atoms with Crippen molar-refractivity contribution in [3.63, 3.8) is 0 Å². The second-order valence-electron chi connectivity index (χ2n) is 13.3. The standard InChI is InChI=1S/C48H30N2/c1-2-13-36(14-3-1)49-43-18-8-6-16-39(43)47-38-26-23-33(29-35(38)25-28-45(47)49)34-22-21-32-24-27-46-48(41(32)30-34)40-17-7-9-19-44(40)50(46)42-20-10-12-31-11-4-5-15-37(31)42/h1-30H. The van der Waals surface area contributed by atoms with Crippen LogP contribution in [0.4, 0.5) is 0 Å². The molecular weight excluding hydrogens is 605 g/mol. The van der Waals surface area contributed by atoms with Gasteiger partial charge in [0.25, 0.3) is 0 Å². The van der Waals surface area contributed by atoms with Crippen LogP contribution in [0, 0.1) is 0 Å². The highest BCUT2D eigenvalue weighted by molar-refractivity contribution is 6.23. The lowest BCUT2D eigenvalue weighted by Crippen LogP contribution is -1.95. The maximum Gasteiger partial charge on any atom is 0.0547 e. The van der Waals surface area contributed by atoms with E-state index >= 15 is 0 Å². The van der Waals surface area contributed by atoms with E-state index in [4.69, 9.17) is 0 Å². The largest absolute Gasteiger partial charge is 0.309 e. The lowest BCUT2D eigenvalue weighted by atomic mass is 9.95. The van der Waals surface area contributed by atoms with Crippen molar-refractivity contribution in [2.24, 2.45) is 0 Å². The summed E-state index contributed by atoms with van der Waals surface area (Å²) in [5.41, 5.74) is 9.74. The van der Waals surface area contributed by atoms with Gasteiger partial charge in [-0.2, -0.15) is 0 Å². The van der Waals surface area contributed by atoms with Crippen LogP contribution in [0.5, 0.6) is 0 Å². The maximum atomic E-state index is 2.45. The van der Waals surface area contributed by atoms with Crippen molar-refractivity contribution in [3.05, 3.63) is 182 Å². The van der Waals surface area contributed by atoms with E-state index in [-0.39, 0.29) is 0 Å². The van der Waals surface area contributed by atoms with Crippen molar-refractivity contribution in [2.75, 3.05) is 0 Å². The highest BCUT2D eigenvalue weighted by Gasteiger charge is 2.18. The quantitative estimate of drug-likeness (QED) is 0.183. The van der Waals surface area contributed by atoms with Gasteiger partial charge in [-0.15, -0.1) is 0 Å². The monoisotopic (exact) mass is 634 g/mol. The van der Waals surface area contributed by atoms with Crippen LogP contribution in [0.25, 0.3) is 98.4 Å². The molecule has 2 nitrogen and oxygen atoms in total. The molecule has 0 unspecified atom stereocenters. The average molecular weight is 635 g/mol. The summed E-state index contributed by atoms with van der Waals surface area (Å²) in [6.07, 6.45) is 0. The zero-order valence-electron chi connectivity index (χ0n) is 27.2. The molecule has 0 aliphatic carbocycles. The normalized spacial score (nSPS) is 12.0. The van der Waals surface area contributed by atoms with Crippen molar-refractivity contribution in [3.8, 4) is 22.5 Å². The van der Waals surface area contributed by atoms with Gasteiger partial charge in [0.1, 0.15) is 0 Å². The summed E-state index contributed by atoms with van der Waals surface area (Å²) in [4.78, 5) is 0. The molecule has 0 bridgehead atoms. The van der Waals surface area contributed by atoms with Gasteiger partial charge >= 0.3 is 0 Å². The first kappa shape index (κ1) is 27.3. The highest BCUT2D eigenvalue weighted by atomic mass is 15.0. The van der Waals surface area contributed by atoms with Crippen LogP contribution in [-0.2, 0) is 0 Å². The molecule has 11 rings (SSSR count). The molecule has 9 aromatic carbocycles. The van der Waals surface area contributed by atoms with Crippen molar-refractivity contribution < 1.29 is 0 Å². The van der Waals surface area contributed by atoms with E-state index in [2.05, 4.69) is 191 Å². The first-order valence-corrected chi connectivity index (χ1v) is 17.3. The smallest absolute Gasteiger partial charge is 0.0547 e. The molecule has 0 atom stereocenters. The summed E-state index contributed by atoms with van der Waals surface area (Å²) in [6.45, 7) is 0. The molecule has 0 N–H and O–H groups in total. The molecular formula is C48H30N2. The number of benzene rings is 9. The molecule has 2 heterocycles. The van der Waals surface area contributed by atoms with Crippen LogP contribution in [-0.4, -0.2) is 9.13 Å². The SMILES string of the molecule is c1ccc(-n2c3ccccc3c3c4ccc(-c5ccc6ccc7c(c6c5)c5ccccc5n7-c5cccc6ccccc56)cc4ccc32)cc1. The zero-order chi connectivity index (χ0) is 32.8. The Bertz CT molecular complexity index is 3140. The molecule has 2 heteroatoms. The molecule has 0 amide bonds. The number of fused-ring (bicyclic) bond motifs is 11. The van der Waals surface area contributed by atoms with E-state index in [1.54, 1.807) is 0 Å². The van der Waals surface area contributed by atoms with Gasteiger partial charge in [0.15, 0.2) is 0 Å². The molecule has 0 saturated carbocycles. The second kappa shape index (κ2) is 10.4. The number of para-hydroxylation sites is 3. The molecule has 232 valence electrons. The third kappa shape index (κ3) is 3.85. The number of hydrogen-bond donors (Lipinski definition) is 0. The van der Waals surface area contributed by atoms with E-state index in [1.807, 2.05) is 0 Å². The van der Waals surface area contributed by atoms with E-state index in [9.17, 15) is 0 Å². The van der Waals surface area contributed by atoms with E-state index < -0.39 is 0 Å². The van der Waals surface area contributed by atoms with Crippen LogP contribution in [0.2, 0.25) is 0 Å². The number of aromatic nitrogens is 2. The summed E-state index contributed by atoms with van der Waals surface area (Å²) in [6, 6.07) is 66.7. The molecule has 0 aliphatic heterocycles. The minimum Gasteiger partial charge on any atom is -0.309 e. The summed E-state index contributed by atoms with van der Waals surface area (Å²) in [5.74, 6) is 0. The van der Waals surface area contributed by atoms with Gasteiger partial charge in [0.05, 0.1) is 27.8 Å². The topological polar surface area (TPSA) is 9.86 Å². The predicted molar refractivity (Wildman–Crippen MR) is 213 cm³/mol. The summed E-state index contributed by atoms with van der Waals surface area (Å²) in [7, 11) is 0. The molecule has 0 saturated heterocycles. The van der Waals surface area contributed by atoms with Gasteiger partial charge in [-0.3, -0.25) is 0 Å². The Balaban J connectivity index is 1.13. The van der Waals surface area contributed by atoms with Crippen molar-refractivity contribution in [1.82, 2.24) is 9.13 Å². The molecule has 11 aromatic rings. The fraction of sp³-hybridized carbons (Fsp3) is 0. The van der Waals surface area contributed by atoms with Crippen molar-refractivity contribution in [2.45, 2.75) is 0 Å². The molecule has 0 radical (unpaired) electrons. The van der Waals surface area contributed by atoms with Crippen LogP contribution >= 0.6 is 0 Å². The average Bonchev–Trinajstić information content (AvgIpc) is 3.71. The predicted octanol–water partition coefficient (Wildman–Crippen LogP) is 13.0. The Morgan fingerprint density at radius 3 is 1.66 bits per heavy atom. The van der Waals surface area contributed by atoms with Gasteiger partial charge in [-0.05, 0) is 92.7 Å². The highest BCUT2D eigenvalue weighted by Crippen LogP contribution is 2.41. The van der Waals surface area contributed by atoms with Gasteiger partial charge in [0.2, 0.25) is 0 Å². The summed E-state index contributed by atoms with van der Waals surface area (Å²) >= 11 is 0. The molecule has 0 aliphatic rings. The fourth-order valence-corrected chi connectivity index (χ4v) is 8.46. The Hall–Kier alpha value is -6.64. The van der Waals surface area contributed by atoms with E-state index in [0.717, 1.165) is 0 Å². The van der Waals surface area contributed by atoms with Gasteiger partial charge in [-0.25, -0.2) is 0 Å². The van der Waals surface area contributed by atoms with Crippen LogP contribution in [0.3, 0.4) is 0 Å². The zero-order valence-corrected chi connectivity index (χ0v) is 27.2. The summed E-state index contributed by atoms with van der Waals surface area (Å²) in [5, 5.41) is 12.7. The third-order valence-corrected chi connectivity index (χ3v) is 10.7. The van der Waals surface area contributed by atoms with Crippen molar-refractivity contribution >= 4 is 75.9 Å². The number of hydrogen-bond acceptors (Lipinski definition) is 0.